The molecular weight excluding hydrogens is 348 g/mol. The van der Waals surface area contributed by atoms with Gasteiger partial charge in [-0.05, 0) is 44.2 Å². The first-order chi connectivity index (χ1) is 13.7. The maximum Gasteiger partial charge on any atom is 0.340 e. The van der Waals surface area contributed by atoms with E-state index < -0.39 is 5.60 Å². The fourth-order valence-electron chi connectivity index (χ4n) is 3.87. The lowest BCUT2D eigenvalue weighted by Gasteiger charge is -2.30. The summed E-state index contributed by atoms with van der Waals surface area (Å²) in [4.78, 5) is 12.7. The van der Waals surface area contributed by atoms with Crippen molar-refractivity contribution in [2.45, 2.75) is 19.4 Å². The van der Waals surface area contributed by atoms with E-state index in [0.717, 1.165) is 41.2 Å². The van der Waals surface area contributed by atoms with Gasteiger partial charge in [0.2, 0.25) is 0 Å². The zero-order valence-corrected chi connectivity index (χ0v) is 16.2. The first kappa shape index (κ1) is 18.1. The number of ether oxygens (including phenoxy) is 1. The summed E-state index contributed by atoms with van der Waals surface area (Å²) in [7, 11) is 0. The van der Waals surface area contributed by atoms with Gasteiger partial charge < -0.3 is 15.4 Å². The Morgan fingerprint density at radius 3 is 1.75 bits per heavy atom. The summed E-state index contributed by atoms with van der Waals surface area (Å²) in [5.41, 5.74) is 4.51. The largest absolute Gasteiger partial charge is 0.441 e. The highest BCUT2D eigenvalue weighted by atomic mass is 16.6. The third-order valence-corrected chi connectivity index (χ3v) is 5.12. The molecule has 1 heterocycles. The maximum atomic E-state index is 12.7. The van der Waals surface area contributed by atoms with E-state index in [9.17, 15) is 4.79 Å². The lowest BCUT2D eigenvalue weighted by atomic mass is 9.80. The van der Waals surface area contributed by atoms with E-state index in [1.54, 1.807) is 0 Å². The molecular formula is C24H24N2O2. The fourth-order valence-corrected chi connectivity index (χ4v) is 3.87. The highest BCUT2D eigenvalue weighted by Crippen LogP contribution is 2.47. The minimum absolute atomic E-state index is 0.290. The van der Waals surface area contributed by atoms with E-state index in [0.29, 0.717) is 5.56 Å². The van der Waals surface area contributed by atoms with E-state index in [4.69, 9.17) is 4.74 Å². The number of fused-ring (bicyclic) bond motifs is 1. The molecule has 4 rings (SSSR count). The van der Waals surface area contributed by atoms with Gasteiger partial charge in [-0.3, -0.25) is 0 Å². The van der Waals surface area contributed by atoms with Crippen LogP contribution in [0.3, 0.4) is 0 Å². The number of carbonyl (C=O) groups is 1. The van der Waals surface area contributed by atoms with Crippen molar-refractivity contribution in [2.75, 3.05) is 23.7 Å². The summed E-state index contributed by atoms with van der Waals surface area (Å²) >= 11 is 0. The van der Waals surface area contributed by atoms with Gasteiger partial charge in [0.1, 0.15) is 0 Å². The van der Waals surface area contributed by atoms with Gasteiger partial charge in [-0.2, -0.15) is 0 Å². The summed E-state index contributed by atoms with van der Waals surface area (Å²) in [6.45, 7) is 5.84. The maximum absolute atomic E-state index is 12.7. The van der Waals surface area contributed by atoms with Crippen LogP contribution in [0.2, 0.25) is 0 Å². The summed E-state index contributed by atoms with van der Waals surface area (Å²) < 4.78 is 6.11. The molecule has 2 N–H and O–H groups in total. The van der Waals surface area contributed by atoms with E-state index in [-0.39, 0.29) is 5.97 Å². The lowest BCUT2D eigenvalue weighted by molar-refractivity contribution is 0.0251. The molecule has 0 spiro atoms. The molecule has 0 bridgehead atoms. The molecule has 0 amide bonds. The summed E-state index contributed by atoms with van der Waals surface area (Å²) in [5, 5.41) is 6.62. The van der Waals surface area contributed by atoms with Crippen LogP contribution < -0.4 is 10.6 Å². The first-order valence-corrected chi connectivity index (χ1v) is 9.70. The molecule has 0 fully saturated rings. The molecule has 4 heteroatoms. The Morgan fingerprint density at radius 1 is 0.750 bits per heavy atom. The van der Waals surface area contributed by atoms with Gasteiger partial charge in [0, 0.05) is 41.2 Å². The zero-order valence-electron chi connectivity index (χ0n) is 16.2. The molecule has 3 aromatic carbocycles. The van der Waals surface area contributed by atoms with Crippen molar-refractivity contribution in [3.05, 3.63) is 95.1 Å². The first-order valence-electron chi connectivity index (χ1n) is 9.70. The average molecular weight is 372 g/mol. The van der Waals surface area contributed by atoms with Gasteiger partial charge in [0.15, 0.2) is 5.60 Å². The molecule has 0 atom stereocenters. The minimum atomic E-state index is -0.941. The molecule has 0 radical (unpaired) electrons. The van der Waals surface area contributed by atoms with E-state index in [1.807, 2.05) is 72.8 Å². The Kier molecular flexibility index (Phi) is 4.78. The van der Waals surface area contributed by atoms with E-state index in [2.05, 4.69) is 24.5 Å². The molecule has 0 saturated heterocycles. The number of carbonyl (C=O) groups excluding carboxylic acids is 1. The number of anilines is 2. The molecule has 0 unspecified atom stereocenters. The van der Waals surface area contributed by atoms with E-state index in [1.165, 1.54) is 0 Å². The smallest absolute Gasteiger partial charge is 0.340 e. The Labute approximate surface area is 165 Å². The van der Waals surface area contributed by atoms with Crippen LogP contribution in [0.5, 0.6) is 0 Å². The number of rotatable bonds is 6. The average Bonchev–Trinajstić information content (AvgIpc) is 3.04. The monoisotopic (exact) mass is 372 g/mol. The van der Waals surface area contributed by atoms with Crippen LogP contribution in [-0.2, 0) is 10.3 Å². The van der Waals surface area contributed by atoms with Crippen molar-refractivity contribution in [1.82, 2.24) is 0 Å². The predicted molar refractivity (Wildman–Crippen MR) is 113 cm³/mol. The van der Waals surface area contributed by atoms with Crippen LogP contribution in [0.1, 0.15) is 40.9 Å². The van der Waals surface area contributed by atoms with Gasteiger partial charge in [0.25, 0.3) is 0 Å². The van der Waals surface area contributed by atoms with Crippen molar-refractivity contribution in [2.24, 2.45) is 0 Å². The Hall–Kier alpha value is -3.27. The zero-order chi connectivity index (χ0) is 19.6. The Morgan fingerprint density at radius 2 is 1.25 bits per heavy atom. The molecule has 1 aliphatic heterocycles. The van der Waals surface area contributed by atoms with Gasteiger partial charge in [-0.25, -0.2) is 4.79 Å². The van der Waals surface area contributed by atoms with Crippen LogP contribution in [0.15, 0.2) is 72.8 Å². The molecule has 0 aliphatic carbocycles. The fraction of sp³-hybridized carbons (Fsp3) is 0.208. The summed E-state index contributed by atoms with van der Waals surface area (Å²) in [6.07, 6.45) is 0. The Bertz CT molecular complexity index is 929. The number of cyclic esters (lactones) is 1. The standard InChI is InChI=1S/C24H24N2O2/c1-3-25-19-13-9-17(10-14-19)24(18-11-15-20(16-12-18)26-4-2)22-8-6-5-7-21(22)23(27)28-24/h5-16,25-26H,3-4H2,1-2H3. The van der Waals surface area contributed by atoms with Crippen LogP contribution in [0.4, 0.5) is 11.4 Å². The molecule has 142 valence electrons. The number of nitrogens with one attached hydrogen (secondary N) is 2. The van der Waals surface area contributed by atoms with Crippen molar-refractivity contribution >= 4 is 17.3 Å². The molecule has 0 saturated carbocycles. The number of hydrogen-bond acceptors (Lipinski definition) is 4. The van der Waals surface area contributed by atoms with Crippen LogP contribution in [0, 0.1) is 0 Å². The molecule has 4 nitrogen and oxygen atoms in total. The quantitative estimate of drug-likeness (QED) is 0.597. The molecule has 28 heavy (non-hydrogen) atoms. The van der Waals surface area contributed by atoms with Crippen LogP contribution >= 0.6 is 0 Å². The van der Waals surface area contributed by atoms with Gasteiger partial charge in [-0.1, -0.05) is 42.5 Å². The minimum Gasteiger partial charge on any atom is -0.441 e. The lowest BCUT2D eigenvalue weighted by Crippen LogP contribution is -2.29. The number of benzene rings is 3. The number of hydrogen-bond donors (Lipinski definition) is 2. The summed E-state index contributed by atoms with van der Waals surface area (Å²) in [5.74, 6) is -0.290. The predicted octanol–water partition coefficient (Wildman–Crippen LogP) is 5.01. The van der Waals surface area contributed by atoms with Crippen LogP contribution in [0.25, 0.3) is 0 Å². The second-order valence-electron chi connectivity index (χ2n) is 6.83. The van der Waals surface area contributed by atoms with Crippen molar-refractivity contribution in [3.63, 3.8) is 0 Å². The molecule has 3 aromatic rings. The van der Waals surface area contributed by atoms with Gasteiger partial charge in [0.05, 0.1) is 5.56 Å². The van der Waals surface area contributed by atoms with Crippen LogP contribution in [-0.4, -0.2) is 19.1 Å². The number of esters is 1. The molecule has 1 aliphatic rings. The molecule has 0 aromatic heterocycles. The summed E-state index contributed by atoms with van der Waals surface area (Å²) in [6, 6.07) is 23.9. The Balaban J connectivity index is 1.88. The van der Waals surface area contributed by atoms with E-state index >= 15 is 0 Å². The SMILES string of the molecule is CCNc1ccc(C2(c3ccc(NCC)cc3)OC(=O)c3ccccc32)cc1. The van der Waals surface area contributed by atoms with Crippen molar-refractivity contribution in [3.8, 4) is 0 Å². The highest BCUT2D eigenvalue weighted by molar-refractivity contribution is 5.96. The third-order valence-electron chi connectivity index (χ3n) is 5.12. The van der Waals surface area contributed by atoms with Crippen molar-refractivity contribution in [1.29, 1.82) is 0 Å². The van der Waals surface area contributed by atoms with Gasteiger partial charge in [-0.15, -0.1) is 0 Å². The second-order valence-corrected chi connectivity index (χ2v) is 6.83. The third kappa shape index (κ3) is 2.91. The highest BCUT2D eigenvalue weighted by Gasteiger charge is 2.48. The van der Waals surface area contributed by atoms with Crippen molar-refractivity contribution < 1.29 is 9.53 Å². The second kappa shape index (κ2) is 7.39. The normalized spacial score (nSPS) is 14.3. The topological polar surface area (TPSA) is 50.4 Å². The van der Waals surface area contributed by atoms with Gasteiger partial charge >= 0.3 is 5.97 Å².